The van der Waals surface area contributed by atoms with Gasteiger partial charge in [-0.3, -0.25) is 14.6 Å². The summed E-state index contributed by atoms with van der Waals surface area (Å²) in [5.41, 5.74) is 8.55. The fraction of sp³-hybridized carbons (Fsp3) is 0.304. The van der Waals surface area contributed by atoms with Gasteiger partial charge in [0.2, 0.25) is 17.7 Å². The lowest BCUT2D eigenvalue weighted by Crippen LogP contribution is -2.49. The quantitative estimate of drug-likeness (QED) is 0.477. The molecule has 1 aliphatic rings. The summed E-state index contributed by atoms with van der Waals surface area (Å²) in [6.45, 7) is 4.41. The van der Waals surface area contributed by atoms with Crippen molar-refractivity contribution in [1.29, 1.82) is 0 Å². The highest BCUT2D eigenvalue weighted by atomic mass is 16.3. The molecular formula is C23H26N8O2. The maximum atomic E-state index is 12.7. The Morgan fingerprint density at radius 3 is 2.58 bits per heavy atom. The van der Waals surface area contributed by atoms with Gasteiger partial charge in [-0.1, -0.05) is 18.2 Å². The second-order valence-electron chi connectivity index (χ2n) is 8.13. The molecule has 0 atom stereocenters. The molecule has 1 saturated heterocycles. The monoisotopic (exact) mass is 446 g/mol. The van der Waals surface area contributed by atoms with Crippen LogP contribution in [0.25, 0.3) is 17.2 Å². The van der Waals surface area contributed by atoms with Crippen LogP contribution in [0.15, 0.2) is 59.3 Å². The van der Waals surface area contributed by atoms with Crippen LogP contribution in [0.1, 0.15) is 5.56 Å². The van der Waals surface area contributed by atoms with Crippen LogP contribution in [-0.2, 0) is 11.3 Å². The maximum Gasteiger partial charge on any atom is 0.240 e. The first-order chi connectivity index (χ1) is 16.1. The van der Waals surface area contributed by atoms with Crippen LogP contribution < -0.4 is 10.6 Å². The third-order valence-corrected chi connectivity index (χ3v) is 5.94. The fourth-order valence-electron chi connectivity index (χ4n) is 4.00. The average molecular weight is 447 g/mol. The van der Waals surface area contributed by atoms with Gasteiger partial charge < -0.3 is 15.1 Å². The number of piperazine rings is 1. The van der Waals surface area contributed by atoms with Crippen LogP contribution in [0.5, 0.6) is 0 Å². The first-order valence-electron chi connectivity index (χ1n) is 10.9. The van der Waals surface area contributed by atoms with Crippen molar-refractivity contribution in [2.45, 2.75) is 6.54 Å². The zero-order valence-electron chi connectivity index (χ0n) is 18.5. The SMILES string of the molecule is CN(C(=O)CN1CCN(Cc2cnc(N)n3nc(-c4ccco4)nc23)CC1)c1ccccc1. The zero-order valence-corrected chi connectivity index (χ0v) is 18.5. The molecule has 0 aliphatic carbocycles. The van der Waals surface area contributed by atoms with Crippen LogP contribution >= 0.6 is 0 Å². The number of furan rings is 1. The predicted molar refractivity (Wildman–Crippen MR) is 124 cm³/mol. The largest absolute Gasteiger partial charge is 0.461 e. The van der Waals surface area contributed by atoms with Crippen molar-refractivity contribution in [3.8, 4) is 11.6 Å². The molecule has 1 fully saturated rings. The van der Waals surface area contributed by atoms with E-state index in [1.54, 1.807) is 27.9 Å². The Hall–Kier alpha value is -3.76. The van der Waals surface area contributed by atoms with Crippen molar-refractivity contribution in [3.05, 3.63) is 60.5 Å². The van der Waals surface area contributed by atoms with Gasteiger partial charge in [-0.25, -0.2) is 9.97 Å². The number of benzene rings is 1. The predicted octanol–water partition coefficient (Wildman–Crippen LogP) is 1.75. The number of carbonyl (C=O) groups excluding carboxylic acids is 1. The van der Waals surface area contributed by atoms with Gasteiger partial charge in [0.15, 0.2) is 11.4 Å². The van der Waals surface area contributed by atoms with E-state index < -0.39 is 0 Å². The summed E-state index contributed by atoms with van der Waals surface area (Å²) in [6.07, 6.45) is 3.35. The molecule has 1 amide bonds. The van der Waals surface area contributed by atoms with E-state index in [-0.39, 0.29) is 11.9 Å². The molecule has 1 aliphatic heterocycles. The Kier molecular flexibility index (Phi) is 5.76. The number of nitrogens with zero attached hydrogens (tertiary/aromatic N) is 7. The number of likely N-dealkylation sites (N-methyl/N-ethyl adjacent to an activating group) is 1. The third-order valence-electron chi connectivity index (χ3n) is 5.94. The smallest absolute Gasteiger partial charge is 0.240 e. The maximum absolute atomic E-state index is 12.7. The molecular weight excluding hydrogens is 420 g/mol. The number of fused-ring (bicyclic) bond motifs is 1. The topological polar surface area (TPSA) is 109 Å². The minimum atomic E-state index is 0.0907. The molecule has 4 aromatic rings. The Morgan fingerprint density at radius 1 is 1.09 bits per heavy atom. The molecule has 10 nitrogen and oxygen atoms in total. The average Bonchev–Trinajstić information content (AvgIpc) is 3.53. The summed E-state index contributed by atoms with van der Waals surface area (Å²) < 4.78 is 6.98. The van der Waals surface area contributed by atoms with Crippen LogP contribution in [0.4, 0.5) is 11.6 Å². The van der Waals surface area contributed by atoms with E-state index in [1.807, 2.05) is 43.4 Å². The lowest BCUT2D eigenvalue weighted by Gasteiger charge is -2.35. The number of carbonyl (C=O) groups is 1. The first-order valence-corrected chi connectivity index (χ1v) is 10.9. The number of rotatable bonds is 6. The summed E-state index contributed by atoms with van der Waals surface area (Å²) in [6, 6.07) is 13.3. The van der Waals surface area contributed by atoms with E-state index in [2.05, 4.69) is 24.9 Å². The minimum Gasteiger partial charge on any atom is -0.461 e. The molecule has 3 aromatic heterocycles. The highest BCUT2D eigenvalue weighted by Crippen LogP contribution is 2.21. The molecule has 0 bridgehead atoms. The number of hydrogen-bond acceptors (Lipinski definition) is 8. The summed E-state index contributed by atoms with van der Waals surface area (Å²) in [5, 5.41) is 4.45. The van der Waals surface area contributed by atoms with Crippen molar-refractivity contribution in [1.82, 2.24) is 29.4 Å². The van der Waals surface area contributed by atoms with Crippen molar-refractivity contribution >= 4 is 23.2 Å². The Bertz CT molecular complexity index is 1230. The van der Waals surface area contributed by atoms with Crippen molar-refractivity contribution in [3.63, 3.8) is 0 Å². The van der Waals surface area contributed by atoms with Gasteiger partial charge in [0.05, 0.1) is 12.8 Å². The first kappa shape index (κ1) is 21.1. The molecule has 0 saturated carbocycles. The Balaban J connectivity index is 1.22. The van der Waals surface area contributed by atoms with Crippen LogP contribution in [0.2, 0.25) is 0 Å². The number of aromatic nitrogens is 4. The lowest BCUT2D eigenvalue weighted by molar-refractivity contribution is -0.119. The number of anilines is 2. The molecule has 4 heterocycles. The molecule has 2 N–H and O–H groups in total. The molecule has 1 aromatic carbocycles. The Labute approximate surface area is 191 Å². The van der Waals surface area contributed by atoms with Gasteiger partial charge in [0.25, 0.3) is 0 Å². The fourth-order valence-corrected chi connectivity index (χ4v) is 4.00. The van der Waals surface area contributed by atoms with E-state index in [1.165, 1.54) is 0 Å². The number of nitrogen functional groups attached to an aromatic ring is 1. The zero-order chi connectivity index (χ0) is 22.8. The standard InChI is InChI=1S/C23H26N8O2/c1-28(18-6-3-2-4-7-18)20(32)16-30-11-9-29(10-12-30)15-17-14-25-23(24)31-22(17)26-21(27-31)19-8-5-13-33-19/h2-8,13-14H,9-12,15-16H2,1H3,(H2,24,25). The summed E-state index contributed by atoms with van der Waals surface area (Å²) in [7, 11) is 1.82. The molecule has 5 rings (SSSR count). The molecule has 0 radical (unpaired) electrons. The van der Waals surface area contributed by atoms with Gasteiger partial charge in [-0.05, 0) is 24.3 Å². The van der Waals surface area contributed by atoms with Crippen LogP contribution in [0, 0.1) is 0 Å². The summed E-state index contributed by atoms with van der Waals surface area (Å²) in [5.74, 6) is 1.44. The highest BCUT2D eigenvalue weighted by molar-refractivity contribution is 5.94. The molecule has 33 heavy (non-hydrogen) atoms. The number of amides is 1. The van der Waals surface area contributed by atoms with E-state index in [9.17, 15) is 4.79 Å². The highest BCUT2D eigenvalue weighted by Gasteiger charge is 2.23. The minimum absolute atomic E-state index is 0.0907. The molecule has 0 unspecified atom stereocenters. The van der Waals surface area contributed by atoms with Gasteiger partial charge in [-0.2, -0.15) is 4.52 Å². The lowest BCUT2D eigenvalue weighted by atomic mass is 10.2. The number of nitrogens with two attached hydrogens (primary N) is 1. The summed E-state index contributed by atoms with van der Waals surface area (Å²) in [4.78, 5) is 27.9. The van der Waals surface area contributed by atoms with Crippen LogP contribution in [0.3, 0.4) is 0 Å². The van der Waals surface area contributed by atoms with E-state index in [0.29, 0.717) is 30.3 Å². The summed E-state index contributed by atoms with van der Waals surface area (Å²) >= 11 is 0. The molecule has 170 valence electrons. The third kappa shape index (κ3) is 4.43. The van der Waals surface area contributed by atoms with Crippen molar-refractivity contribution in [2.75, 3.05) is 50.4 Å². The van der Waals surface area contributed by atoms with Gasteiger partial charge >= 0.3 is 0 Å². The second kappa shape index (κ2) is 9.00. The van der Waals surface area contributed by atoms with Gasteiger partial charge in [0.1, 0.15) is 0 Å². The Morgan fingerprint density at radius 2 is 1.85 bits per heavy atom. The van der Waals surface area contributed by atoms with Crippen molar-refractivity contribution in [2.24, 2.45) is 0 Å². The normalized spacial score (nSPS) is 15.2. The number of hydrogen-bond donors (Lipinski definition) is 1. The van der Waals surface area contributed by atoms with E-state index >= 15 is 0 Å². The van der Waals surface area contributed by atoms with E-state index in [4.69, 9.17) is 10.2 Å². The van der Waals surface area contributed by atoms with Crippen LogP contribution in [-0.4, -0.2) is 75.1 Å². The molecule has 0 spiro atoms. The van der Waals surface area contributed by atoms with E-state index in [0.717, 1.165) is 37.4 Å². The van der Waals surface area contributed by atoms with Gasteiger partial charge in [0, 0.05) is 57.2 Å². The van der Waals surface area contributed by atoms with Crippen molar-refractivity contribution < 1.29 is 9.21 Å². The molecule has 10 heteroatoms. The number of para-hydroxylation sites is 1. The second-order valence-corrected chi connectivity index (χ2v) is 8.13. The van der Waals surface area contributed by atoms with Gasteiger partial charge in [-0.15, -0.1) is 5.10 Å².